The maximum Gasteiger partial charge on any atom is 0.319 e. The first-order valence-corrected chi connectivity index (χ1v) is 7.10. The molecule has 0 saturated carbocycles. The van der Waals surface area contributed by atoms with E-state index in [0.717, 1.165) is 25.9 Å². The molecule has 5 nitrogen and oxygen atoms in total. The number of hydrogen-bond donors (Lipinski definition) is 2. The summed E-state index contributed by atoms with van der Waals surface area (Å²) >= 11 is 0. The summed E-state index contributed by atoms with van der Waals surface area (Å²) in [6, 6.07) is 3.34. The van der Waals surface area contributed by atoms with Crippen LogP contribution in [0.3, 0.4) is 0 Å². The molecule has 1 heterocycles. The number of amides is 3. The number of halogens is 1. The molecule has 2 N–H and O–H groups in total. The van der Waals surface area contributed by atoms with E-state index in [1.807, 2.05) is 0 Å². The summed E-state index contributed by atoms with van der Waals surface area (Å²) in [7, 11) is 0. The van der Waals surface area contributed by atoms with Crippen molar-refractivity contribution in [2.75, 3.05) is 18.4 Å². The van der Waals surface area contributed by atoms with Crippen molar-refractivity contribution < 1.29 is 14.0 Å². The Morgan fingerprint density at radius 1 is 1.29 bits per heavy atom. The molecule has 114 valence electrons. The van der Waals surface area contributed by atoms with Crippen molar-refractivity contribution in [3.05, 3.63) is 29.6 Å². The van der Waals surface area contributed by atoms with E-state index in [9.17, 15) is 14.0 Å². The summed E-state index contributed by atoms with van der Waals surface area (Å²) in [5.74, 6) is -0.466. The van der Waals surface area contributed by atoms with Gasteiger partial charge in [0.1, 0.15) is 11.9 Å². The molecule has 21 heavy (non-hydrogen) atoms. The van der Waals surface area contributed by atoms with Crippen LogP contribution in [-0.2, 0) is 4.79 Å². The Morgan fingerprint density at radius 3 is 2.57 bits per heavy atom. The molecule has 1 unspecified atom stereocenters. The van der Waals surface area contributed by atoms with Crippen molar-refractivity contribution in [3.8, 4) is 0 Å². The number of hydrogen-bond acceptors (Lipinski definition) is 2. The van der Waals surface area contributed by atoms with Crippen molar-refractivity contribution in [1.29, 1.82) is 0 Å². The second-order valence-corrected chi connectivity index (χ2v) is 5.32. The molecule has 1 aromatic rings. The number of likely N-dealkylation sites (tertiary alicyclic amines) is 1. The number of urea groups is 1. The van der Waals surface area contributed by atoms with Gasteiger partial charge in [0.25, 0.3) is 0 Å². The van der Waals surface area contributed by atoms with Gasteiger partial charge in [-0.05, 0) is 44.4 Å². The van der Waals surface area contributed by atoms with Gasteiger partial charge in [0.15, 0.2) is 0 Å². The topological polar surface area (TPSA) is 61.4 Å². The van der Waals surface area contributed by atoms with Gasteiger partial charge in [-0.2, -0.15) is 0 Å². The van der Waals surface area contributed by atoms with E-state index >= 15 is 0 Å². The van der Waals surface area contributed by atoms with Crippen LogP contribution in [0.2, 0.25) is 0 Å². The first-order chi connectivity index (χ1) is 9.97. The van der Waals surface area contributed by atoms with Crippen LogP contribution in [0.4, 0.5) is 14.9 Å². The smallest absolute Gasteiger partial charge is 0.319 e. The van der Waals surface area contributed by atoms with Gasteiger partial charge in [0.2, 0.25) is 5.91 Å². The average molecular weight is 293 g/mol. The number of carbonyl (C=O) groups excluding carboxylic acids is 2. The van der Waals surface area contributed by atoms with Gasteiger partial charge in [0, 0.05) is 18.8 Å². The first kappa shape index (κ1) is 15.3. The lowest BCUT2D eigenvalue weighted by atomic mass is 10.2. The van der Waals surface area contributed by atoms with Gasteiger partial charge in [0.05, 0.1) is 0 Å². The summed E-state index contributed by atoms with van der Waals surface area (Å²) in [6.45, 7) is 4.79. The maximum absolute atomic E-state index is 13.4. The van der Waals surface area contributed by atoms with E-state index < -0.39 is 12.1 Å². The molecule has 1 aliphatic heterocycles. The minimum atomic E-state index is -0.599. The highest BCUT2D eigenvalue weighted by atomic mass is 19.1. The molecule has 3 amide bonds. The molecule has 1 aliphatic rings. The van der Waals surface area contributed by atoms with Crippen LogP contribution in [0.1, 0.15) is 25.3 Å². The largest absolute Gasteiger partial charge is 0.341 e. The van der Waals surface area contributed by atoms with Crippen LogP contribution in [0.25, 0.3) is 0 Å². The van der Waals surface area contributed by atoms with E-state index in [1.165, 1.54) is 6.07 Å². The van der Waals surface area contributed by atoms with Crippen molar-refractivity contribution >= 4 is 17.6 Å². The van der Waals surface area contributed by atoms with E-state index in [4.69, 9.17) is 0 Å². The van der Waals surface area contributed by atoms with Crippen molar-refractivity contribution in [3.63, 3.8) is 0 Å². The van der Waals surface area contributed by atoms with Gasteiger partial charge < -0.3 is 15.5 Å². The number of aryl methyl sites for hydroxylation is 1. The molecule has 1 aromatic carbocycles. The minimum Gasteiger partial charge on any atom is -0.341 e. The summed E-state index contributed by atoms with van der Waals surface area (Å²) in [6.07, 6.45) is 2.01. The second kappa shape index (κ2) is 6.56. The normalized spacial score (nSPS) is 15.7. The van der Waals surface area contributed by atoms with Gasteiger partial charge in [-0.1, -0.05) is 6.07 Å². The number of carbonyl (C=O) groups is 2. The number of nitrogens with zero attached hydrogens (tertiary/aromatic N) is 1. The fourth-order valence-corrected chi connectivity index (χ4v) is 2.31. The summed E-state index contributed by atoms with van der Waals surface area (Å²) in [4.78, 5) is 25.6. The van der Waals surface area contributed by atoms with E-state index in [2.05, 4.69) is 10.6 Å². The molecular weight excluding hydrogens is 273 g/mol. The summed E-state index contributed by atoms with van der Waals surface area (Å²) in [5.41, 5.74) is 0.870. The van der Waals surface area contributed by atoms with Crippen LogP contribution in [-0.4, -0.2) is 36.0 Å². The SMILES string of the molecule is Cc1ccc(NC(=O)NC(C)C(=O)N2CCCC2)cc1F. The Kier molecular flexibility index (Phi) is 4.77. The third kappa shape index (κ3) is 3.93. The number of benzene rings is 1. The van der Waals surface area contributed by atoms with E-state index in [-0.39, 0.29) is 11.7 Å². The van der Waals surface area contributed by atoms with Gasteiger partial charge >= 0.3 is 6.03 Å². The zero-order valence-electron chi connectivity index (χ0n) is 12.3. The fraction of sp³-hybridized carbons (Fsp3) is 0.467. The molecule has 0 aromatic heterocycles. The zero-order chi connectivity index (χ0) is 15.4. The van der Waals surface area contributed by atoms with Crippen molar-refractivity contribution in [2.45, 2.75) is 32.7 Å². The van der Waals surface area contributed by atoms with Gasteiger partial charge in [-0.15, -0.1) is 0 Å². The Balaban J connectivity index is 1.88. The van der Waals surface area contributed by atoms with Gasteiger partial charge in [-0.3, -0.25) is 4.79 Å². The highest BCUT2D eigenvalue weighted by molar-refractivity contribution is 5.93. The maximum atomic E-state index is 13.4. The molecule has 0 spiro atoms. The summed E-state index contributed by atoms with van der Waals surface area (Å²) in [5, 5.41) is 5.10. The van der Waals surface area contributed by atoms with E-state index in [0.29, 0.717) is 11.3 Å². The Bertz CT molecular complexity index is 542. The van der Waals surface area contributed by atoms with Crippen LogP contribution < -0.4 is 10.6 Å². The number of nitrogens with one attached hydrogen (secondary N) is 2. The van der Waals surface area contributed by atoms with Crippen LogP contribution in [0.5, 0.6) is 0 Å². The zero-order valence-corrected chi connectivity index (χ0v) is 12.3. The van der Waals surface area contributed by atoms with Crippen LogP contribution in [0, 0.1) is 12.7 Å². The average Bonchev–Trinajstić information content (AvgIpc) is 2.96. The molecular formula is C15H20FN3O2. The molecule has 6 heteroatoms. The third-order valence-electron chi connectivity index (χ3n) is 3.57. The molecule has 0 radical (unpaired) electrons. The molecule has 1 fully saturated rings. The molecule has 1 saturated heterocycles. The predicted octanol–water partition coefficient (Wildman–Crippen LogP) is 2.27. The Labute approximate surface area is 123 Å². The van der Waals surface area contributed by atoms with Gasteiger partial charge in [-0.25, -0.2) is 9.18 Å². The van der Waals surface area contributed by atoms with Crippen molar-refractivity contribution in [1.82, 2.24) is 10.2 Å². The Hall–Kier alpha value is -2.11. The molecule has 2 rings (SSSR count). The fourth-order valence-electron chi connectivity index (χ4n) is 2.31. The minimum absolute atomic E-state index is 0.0854. The first-order valence-electron chi connectivity index (χ1n) is 7.10. The predicted molar refractivity (Wildman–Crippen MR) is 78.6 cm³/mol. The number of anilines is 1. The van der Waals surface area contributed by atoms with E-state index in [1.54, 1.807) is 30.9 Å². The third-order valence-corrected chi connectivity index (χ3v) is 3.57. The van der Waals surface area contributed by atoms with Crippen LogP contribution in [0.15, 0.2) is 18.2 Å². The monoisotopic (exact) mass is 293 g/mol. The molecule has 0 aliphatic carbocycles. The highest BCUT2D eigenvalue weighted by Crippen LogP contribution is 2.13. The second-order valence-electron chi connectivity index (χ2n) is 5.32. The summed E-state index contributed by atoms with van der Waals surface area (Å²) < 4.78 is 13.4. The lowest BCUT2D eigenvalue weighted by Gasteiger charge is -2.21. The quantitative estimate of drug-likeness (QED) is 0.898. The highest BCUT2D eigenvalue weighted by Gasteiger charge is 2.24. The lowest BCUT2D eigenvalue weighted by molar-refractivity contribution is -0.131. The molecule has 0 bridgehead atoms. The van der Waals surface area contributed by atoms with Crippen LogP contribution >= 0.6 is 0 Å². The number of rotatable bonds is 3. The standard InChI is InChI=1S/C15H20FN3O2/c1-10-5-6-12(9-13(10)16)18-15(21)17-11(2)14(20)19-7-3-4-8-19/h5-6,9,11H,3-4,7-8H2,1-2H3,(H2,17,18,21). The Morgan fingerprint density at radius 2 is 1.95 bits per heavy atom. The lowest BCUT2D eigenvalue weighted by Crippen LogP contribution is -2.47. The molecule has 1 atom stereocenters. The van der Waals surface area contributed by atoms with Crippen molar-refractivity contribution in [2.24, 2.45) is 0 Å².